The van der Waals surface area contributed by atoms with Crippen LogP contribution in [-0.4, -0.2) is 55.2 Å². The molecule has 0 saturated carbocycles. The number of nitrogens with one attached hydrogen (secondary N) is 2. The van der Waals surface area contributed by atoms with Gasteiger partial charge >= 0.3 is 0 Å². The molecule has 1 aromatic carbocycles. The molecule has 0 spiro atoms. The number of rotatable bonds is 8. The second-order valence-electron chi connectivity index (χ2n) is 6.75. The molecule has 1 aliphatic rings. The molecule has 5 heteroatoms. The van der Waals surface area contributed by atoms with Gasteiger partial charge in [0.1, 0.15) is 0 Å². The molecule has 136 valence electrons. The first-order valence-corrected chi connectivity index (χ1v) is 9.57. The van der Waals surface area contributed by atoms with Gasteiger partial charge in [0, 0.05) is 38.4 Å². The summed E-state index contributed by atoms with van der Waals surface area (Å²) in [6, 6.07) is 10.7. The standard InChI is InChI=1S/C20H31N5/c1-21-20(22-11-6-15-24-13-4-5-14-24)23-12-7-16-25-17-10-18-8-2-3-9-19(18)25/h2-3,8-10,17H,4-7,11-16H2,1H3,(H2,21,22,23). The van der Waals surface area contributed by atoms with Crippen LogP contribution in [0.5, 0.6) is 0 Å². The lowest BCUT2D eigenvalue weighted by Crippen LogP contribution is -2.39. The average Bonchev–Trinajstić information content (AvgIpc) is 3.30. The zero-order valence-electron chi connectivity index (χ0n) is 15.4. The van der Waals surface area contributed by atoms with Gasteiger partial charge in [-0.3, -0.25) is 4.99 Å². The number of aryl methyl sites for hydroxylation is 1. The van der Waals surface area contributed by atoms with E-state index in [9.17, 15) is 0 Å². The number of aromatic nitrogens is 1. The number of fused-ring (bicyclic) bond motifs is 1. The molecule has 0 radical (unpaired) electrons. The van der Waals surface area contributed by atoms with E-state index in [1.54, 1.807) is 0 Å². The van der Waals surface area contributed by atoms with E-state index in [0.717, 1.165) is 32.0 Å². The Labute approximate surface area is 151 Å². The van der Waals surface area contributed by atoms with Gasteiger partial charge in [-0.15, -0.1) is 0 Å². The highest BCUT2D eigenvalue weighted by molar-refractivity contribution is 5.80. The first-order valence-electron chi connectivity index (χ1n) is 9.57. The zero-order chi connectivity index (χ0) is 17.3. The van der Waals surface area contributed by atoms with Crippen molar-refractivity contribution in [3.05, 3.63) is 36.5 Å². The van der Waals surface area contributed by atoms with E-state index < -0.39 is 0 Å². The largest absolute Gasteiger partial charge is 0.356 e. The molecule has 0 amide bonds. The van der Waals surface area contributed by atoms with Crippen molar-refractivity contribution < 1.29 is 0 Å². The third-order valence-corrected chi connectivity index (χ3v) is 4.91. The van der Waals surface area contributed by atoms with Crippen molar-refractivity contribution in [3.63, 3.8) is 0 Å². The predicted octanol–water partition coefficient (Wildman–Crippen LogP) is 2.68. The zero-order valence-corrected chi connectivity index (χ0v) is 15.4. The van der Waals surface area contributed by atoms with Gasteiger partial charge in [0.2, 0.25) is 0 Å². The van der Waals surface area contributed by atoms with E-state index in [-0.39, 0.29) is 0 Å². The van der Waals surface area contributed by atoms with Crippen LogP contribution < -0.4 is 10.6 Å². The Morgan fingerprint density at radius 2 is 1.72 bits per heavy atom. The Bertz CT molecular complexity index is 670. The summed E-state index contributed by atoms with van der Waals surface area (Å²) in [5.74, 6) is 0.916. The van der Waals surface area contributed by atoms with E-state index in [4.69, 9.17) is 0 Å². The van der Waals surface area contributed by atoms with Crippen LogP contribution in [0.15, 0.2) is 41.5 Å². The average molecular weight is 342 g/mol. The van der Waals surface area contributed by atoms with Crippen LogP contribution in [0, 0.1) is 0 Å². The Morgan fingerprint density at radius 1 is 1.00 bits per heavy atom. The third kappa shape index (κ3) is 5.23. The number of benzene rings is 1. The first-order chi connectivity index (χ1) is 12.4. The lowest BCUT2D eigenvalue weighted by molar-refractivity contribution is 0.334. The highest BCUT2D eigenvalue weighted by Crippen LogP contribution is 2.15. The maximum Gasteiger partial charge on any atom is 0.190 e. The van der Waals surface area contributed by atoms with E-state index in [2.05, 4.69) is 61.6 Å². The fourth-order valence-electron chi connectivity index (χ4n) is 3.53. The monoisotopic (exact) mass is 341 g/mol. The summed E-state index contributed by atoms with van der Waals surface area (Å²) in [5, 5.41) is 8.15. The molecule has 0 bridgehead atoms. The van der Waals surface area contributed by atoms with Crippen LogP contribution >= 0.6 is 0 Å². The molecule has 0 aliphatic carbocycles. The summed E-state index contributed by atoms with van der Waals surface area (Å²) in [7, 11) is 1.84. The summed E-state index contributed by atoms with van der Waals surface area (Å²) >= 11 is 0. The van der Waals surface area contributed by atoms with Crippen LogP contribution in [0.4, 0.5) is 0 Å². The molecule has 1 aliphatic heterocycles. The quantitative estimate of drug-likeness (QED) is 0.441. The predicted molar refractivity (Wildman–Crippen MR) is 106 cm³/mol. The number of hydrogen-bond donors (Lipinski definition) is 2. The molecular formula is C20H31N5. The van der Waals surface area contributed by atoms with Crippen molar-refractivity contribution in [2.24, 2.45) is 4.99 Å². The molecule has 1 saturated heterocycles. The maximum atomic E-state index is 4.32. The Balaban J connectivity index is 1.31. The summed E-state index contributed by atoms with van der Waals surface area (Å²) in [6.07, 6.45) is 7.17. The number of likely N-dealkylation sites (tertiary alicyclic amines) is 1. The fourth-order valence-corrected chi connectivity index (χ4v) is 3.53. The number of nitrogens with zero attached hydrogens (tertiary/aromatic N) is 3. The van der Waals surface area contributed by atoms with Gasteiger partial charge in [-0.05, 0) is 62.8 Å². The van der Waals surface area contributed by atoms with Gasteiger partial charge in [-0.2, -0.15) is 0 Å². The minimum atomic E-state index is 0.916. The van der Waals surface area contributed by atoms with Crippen molar-refractivity contribution in [2.45, 2.75) is 32.2 Å². The second kappa shape index (κ2) is 9.47. The smallest absolute Gasteiger partial charge is 0.190 e. The minimum Gasteiger partial charge on any atom is -0.356 e. The lowest BCUT2D eigenvalue weighted by Gasteiger charge is -2.16. The lowest BCUT2D eigenvalue weighted by atomic mass is 10.2. The van der Waals surface area contributed by atoms with Gasteiger partial charge in [-0.25, -0.2) is 0 Å². The molecule has 25 heavy (non-hydrogen) atoms. The summed E-state index contributed by atoms with van der Waals surface area (Å²) in [6.45, 7) is 6.69. The Hall–Kier alpha value is -2.01. The van der Waals surface area contributed by atoms with Gasteiger partial charge in [0.25, 0.3) is 0 Å². The van der Waals surface area contributed by atoms with Crippen LogP contribution in [0.1, 0.15) is 25.7 Å². The fraction of sp³-hybridized carbons (Fsp3) is 0.550. The molecule has 1 aromatic heterocycles. The molecule has 0 atom stereocenters. The Morgan fingerprint density at radius 3 is 2.48 bits per heavy atom. The normalized spacial score (nSPS) is 15.8. The molecule has 1 fully saturated rings. The minimum absolute atomic E-state index is 0.916. The highest BCUT2D eigenvalue weighted by Gasteiger charge is 2.10. The molecule has 2 heterocycles. The summed E-state index contributed by atoms with van der Waals surface area (Å²) in [5.41, 5.74) is 1.31. The number of hydrogen-bond acceptors (Lipinski definition) is 2. The molecule has 5 nitrogen and oxygen atoms in total. The van der Waals surface area contributed by atoms with Crippen LogP contribution in [0.2, 0.25) is 0 Å². The van der Waals surface area contributed by atoms with Gasteiger partial charge in [0.15, 0.2) is 5.96 Å². The Kier molecular flexibility index (Phi) is 6.74. The van der Waals surface area contributed by atoms with Gasteiger partial charge < -0.3 is 20.1 Å². The van der Waals surface area contributed by atoms with Crippen LogP contribution in [0.3, 0.4) is 0 Å². The van der Waals surface area contributed by atoms with Gasteiger partial charge in [0.05, 0.1) is 0 Å². The SMILES string of the molecule is CN=C(NCCCN1CCCC1)NCCCn1ccc2ccccc21. The van der Waals surface area contributed by atoms with E-state index in [0.29, 0.717) is 0 Å². The van der Waals surface area contributed by atoms with Crippen molar-refractivity contribution >= 4 is 16.9 Å². The second-order valence-corrected chi connectivity index (χ2v) is 6.75. The summed E-state index contributed by atoms with van der Waals surface area (Å²) in [4.78, 5) is 6.87. The van der Waals surface area contributed by atoms with E-state index >= 15 is 0 Å². The number of aliphatic imine (C=N–C) groups is 1. The van der Waals surface area contributed by atoms with Crippen LogP contribution in [-0.2, 0) is 6.54 Å². The topological polar surface area (TPSA) is 44.6 Å². The highest BCUT2D eigenvalue weighted by atomic mass is 15.2. The number of para-hydroxylation sites is 1. The molecule has 3 rings (SSSR count). The third-order valence-electron chi connectivity index (χ3n) is 4.91. The van der Waals surface area contributed by atoms with E-state index in [1.807, 2.05) is 7.05 Å². The molecule has 2 N–H and O–H groups in total. The molecule has 0 unspecified atom stereocenters. The van der Waals surface area contributed by atoms with Crippen molar-refractivity contribution in [1.29, 1.82) is 0 Å². The molecule has 2 aromatic rings. The van der Waals surface area contributed by atoms with Crippen molar-refractivity contribution in [3.8, 4) is 0 Å². The van der Waals surface area contributed by atoms with Crippen LogP contribution in [0.25, 0.3) is 10.9 Å². The maximum absolute atomic E-state index is 4.32. The summed E-state index contributed by atoms with van der Waals surface area (Å²) < 4.78 is 2.32. The van der Waals surface area contributed by atoms with Crippen molar-refractivity contribution in [2.75, 3.05) is 39.8 Å². The molecular weight excluding hydrogens is 310 g/mol. The van der Waals surface area contributed by atoms with Crippen molar-refractivity contribution in [1.82, 2.24) is 20.1 Å². The first kappa shape index (κ1) is 17.8. The van der Waals surface area contributed by atoms with E-state index in [1.165, 1.54) is 49.8 Å². The number of guanidine groups is 1. The van der Waals surface area contributed by atoms with Gasteiger partial charge in [-0.1, -0.05) is 18.2 Å².